The Morgan fingerprint density at radius 2 is 2.36 bits per heavy atom. The van der Waals surface area contributed by atoms with Gasteiger partial charge in [-0.2, -0.15) is 4.98 Å². The number of nitrogens with zero attached hydrogens (tertiary/aromatic N) is 2. The predicted molar refractivity (Wildman–Crippen MR) is 56.7 cm³/mol. The molecule has 0 atom stereocenters. The zero-order chi connectivity index (χ0) is 10.4. The molecule has 1 aromatic rings. The topological polar surface area (TPSA) is 35.0 Å². The molecule has 0 N–H and O–H groups in total. The third kappa shape index (κ3) is 3.34. The van der Waals surface area contributed by atoms with Crippen LogP contribution < -0.4 is 4.74 Å². The molecule has 0 fully saturated rings. The van der Waals surface area contributed by atoms with Gasteiger partial charge >= 0.3 is 0 Å². The highest BCUT2D eigenvalue weighted by Gasteiger charge is 2.01. The first-order chi connectivity index (χ1) is 6.76. The molecule has 0 spiro atoms. The van der Waals surface area contributed by atoms with Crippen LogP contribution in [0.3, 0.4) is 0 Å². The molecular formula is C10H13ClN2O. The van der Waals surface area contributed by atoms with Gasteiger partial charge < -0.3 is 4.74 Å². The molecule has 0 aliphatic rings. The summed E-state index contributed by atoms with van der Waals surface area (Å²) in [4.78, 5) is 8.21. The van der Waals surface area contributed by atoms with Crippen molar-refractivity contribution in [1.29, 1.82) is 0 Å². The average molecular weight is 213 g/mol. The molecule has 3 nitrogen and oxygen atoms in total. The van der Waals surface area contributed by atoms with Gasteiger partial charge in [0.15, 0.2) is 0 Å². The van der Waals surface area contributed by atoms with Crippen LogP contribution in [-0.4, -0.2) is 16.6 Å². The van der Waals surface area contributed by atoms with Gasteiger partial charge in [-0.25, -0.2) is 4.98 Å². The quantitative estimate of drug-likeness (QED) is 0.428. The van der Waals surface area contributed by atoms with E-state index >= 15 is 0 Å². The van der Waals surface area contributed by atoms with E-state index in [-0.39, 0.29) is 0 Å². The first kappa shape index (κ1) is 11.0. The molecule has 76 valence electrons. The van der Waals surface area contributed by atoms with Crippen molar-refractivity contribution in [3.8, 4) is 5.88 Å². The third-order valence-electron chi connectivity index (χ3n) is 1.61. The van der Waals surface area contributed by atoms with Crippen LogP contribution in [0.2, 0.25) is 5.15 Å². The number of halogens is 1. The lowest BCUT2D eigenvalue weighted by Gasteiger charge is -2.04. The lowest BCUT2D eigenvalue weighted by Crippen LogP contribution is -2.01. The van der Waals surface area contributed by atoms with E-state index in [4.69, 9.17) is 16.3 Å². The molecule has 0 aliphatic carbocycles. The Hall–Kier alpha value is -1.09. The molecule has 1 rings (SSSR count). The summed E-state index contributed by atoms with van der Waals surface area (Å²) in [6.07, 6.45) is 3.34. The van der Waals surface area contributed by atoms with Crippen LogP contribution in [0.15, 0.2) is 18.7 Å². The van der Waals surface area contributed by atoms with E-state index in [9.17, 15) is 0 Å². The van der Waals surface area contributed by atoms with E-state index < -0.39 is 0 Å². The fourth-order valence-electron chi connectivity index (χ4n) is 0.921. The van der Waals surface area contributed by atoms with Gasteiger partial charge in [-0.3, -0.25) is 0 Å². The molecule has 0 saturated carbocycles. The molecule has 0 aliphatic heterocycles. The monoisotopic (exact) mass is 212 g/mol. The van der Waals surface area contributed by atoms with Crippen LogP contribution in [0.5, 0.6) is 5.88 Å². The van der Waals surface area contributed by atoms with Crippen molar-refractivity contribution < 1.29 is 4.74 Å². The summed E-state index contributed by atoms with van der Waals surface area (Å²) in [6, 6.07) is 1.61. The van der Waals surface area contributed by atoms with Gasteiger partial charge in [0.2, 0.25) is 5.88 Å². The maximum absolute atomic E-state index is 5.79. The predicted octanol–water partition coefficient (Wildman–Crippen LogP) is 2.65. The Morgan fingerprint density at radius 1 is 1.57 bits per heavy atom. The van der Waals surface area contributed by atoms with Crippen molar-refractivity contribution >= 4 is 11.6 Å². The summed E-state index contributed by atoms with van der Waals surface area (Å²) >= 11 is 5.79. The maximum Gasteiger partial charge on any atom is 0.218 e. The minimum atomic E-state index is 0.422. The van der Waals surface area contributed by atoms with Crippen molar-refractivity contribution in [1.82, 2.24) is 9.97 Å². The van der Waals surface area contributed by atoms with Gasteiger partial charge in [0.25, 0.3) is 0 Å². The molecule has 0 aromatic carbocycles. The molecule has 0 bridgehead atoms. The molecule has 0 saturated heterocycles. The first-order valence-electron chi connectivity index (χ1n) is 4.53. The first-order valence-corrected chi connectivity index (χ1v) is 4.91. The van der Waals surface area contributed by atoms with Crippen LogP contribution in [0.4, 0.5) is 0 Å². The number of aryl methyl sites for hydroxylation is 1. The highest BCUT2D eigenvalue weighted by atomic mass is 35.5. The van der Waals surface area contributed by atoms with E-state index in [0.717, 1.165) is 12.8 Å². The van der Waals surface area contributed by atoms with Gasteiger partial charge in [-0.1, -0.05) is 24.6 Å². The van der Waals surface area contributed by atoms with Gasteiger partial charge in [0.1, 0.15) is 11.0 Å². The Kier molecular flexibility index (Phi) is 4.40. The normalized spacial score (nSPS) is 9.86. The summed E-state index contributed by atoms with van der Waals surface area (Å²) in [6.45, 7) is 6.15. The second-order valence-electron chi connectivity index (χ2n) is 2.72. The highest BCUT2D eigenvalue weighted by molar-refractivity contribution is 6.29. The molecule has 4 heteroatoms. The van der Waals surface area contributed by atoms with Crippen LogP contribution in [0.25, 0.3) is 0 Å². The smallest absolute Gasteiger partial charge is 0.218 e. The van der Waals surface area contributed by atoms with Crippen molar-refractivity contribution in [3.63, 3.8) is 0 Å². The Morgan fingerprint density at radius 3 is 3.00 bits per heavy atom. The molecule has 1 heterocycles. The summed E-state index contributed by atoms with van der Waals surface area (Å²) in [5.74, 6) is 1.23. The highest BCUT2D eigenvalue weighted by Crippen LogP contribution is 2.14. The molecule has 1 aromatic heterocycles. The second-order valence-corrected chi connectivity index (χ2v) is 3.11. The summed E-state index contributed by atoms with van der Waals surface area (Å²) in [5, 5.41) is 0.422. The van der Waals surface area contributed by atoms with Crippen LogP contribution in [-0.2, 0) is 6.42 Å². The third-order valence-corrected chi connectivity index (χ3v) is 1.80. The number of rotatable bonds is 5. The molecule has 0 radical (unpaired) electrons. The van der Waals surface area contributed by atoms with E-state index in [2.05, 4.69) is 16.5 Å². The zero-order valence-corrected chi connectivity index (χ0v) is 8.92. The summed E-state index contributed by atoms with van der Waals surface area (Å²) < 4.78 is 5.36. The number of hydrogen-bond donors (Lipinski definition) is 0. The fraction of sp³-hybridized carbons (Fsp3) is 0.400. The van der Waals surface area contributed by atoms with E-state index in [1.807, 2.05) is 6.92 Å². The van der Waals surface area contributed by atoms with Gasteiger partial charge in [-0.15, -0.1) is 6.58 Å². The van der Waals surface area contributed by atoms with Crippen molar-refractivity contribution in [3.05, 3.63) is 29.7 Å². The zero-order valence-electron chi connectivity index (χ0n) is 8.16. The van der Waals surface area contributed by atoms with Gasteiger partial charge in [0, 0.05) is 12.5 Å². The van der Waals surface area contributed by atoms with Crippen molar-refractivity contribution in [2.75, 3.05) is 6.61 Å². The number of aromatic nitrogens is 2. The van der Waals surface area contributed by atoms with E-state index in [0.29, 0.717) is 23.5 Å². The molecular weight excluding hydrogens is 200 g/mol. The molecule has 0 amide bonds. The summed E-state index contributed by atoms with van der Waals surface area (Å²) in [5.41, 5.74) is 0. The maximum atomic E-state index is 5.79. The van der Waals surface area contributed by atoms with Crippen molar-refractivity contribution in [2.45, 2.75) is 19.8 Å². The second kappa shape index (κ2) is 5.60. The van der Waals surface area contributed by atoms with Crippen LogP contribution in [0, 0.1) is 0 Å². The van der Waals surface area contributed by atoms with Gasteiger partial charge in [-0.05, 0) is 6.42 Å². The van der Waals surface area contributed by atoms with Crippen LogP contribution >= 0.6 is 11.6 Å². The molecule has 0 unspecified atom stereocenters. The number of ether oxygens (including phenoxy) is 1. The lowest BCUT2D eigenvalue weighted by molar-refractivity contribution is 0.310. The standard InChI is InChI=1S/C10H13ClN2O/c1-3-5-6-14-10-7-8(11)12-9(4-2)13-10/h3,7H,1,4-6H2,2H3. The minimum absolute atomic E-state index is 0.422. The van der Waals surface area contributed by atoms with Crippen LogP contribution in [0.1, 0.15) is 19.2 Å². The Bertz CT molecular complexity index is 315. The average Bonchev–Trinajstić information content (AvgIpc) is 2.17. The minimum Gasteiger partial charge on any atom is -0.477 e. The van der Waals surface area contributed by atoms with E-state index in [1.54, 1.807) is 12.1 Å². The van der Waals surface area contributed by atoms with Gasteiger partial charge in [0.05, 0.1) is 6.61 Å². The molecule has 14 heavy (non-hydrogen) atoms. The SMILES string of the molecule is C=CCCOc1cc(Cl)nc(CC)n1. The Balaban J connectivity index is 2.66. The fourth-order valence-corrected chi connectivity index (χ4v) is 1.11. The largest absolute Gasteiger partial charge is 0.477 e. The van der Waals surface area contributed by atoms with E-state index in [1.165, 1.54) is 0 Å². The summed E-state index contributed by atoms with van der Waals surface area (Å²) in [7, 11) is 0. The number of hydrogen-bond acceptors (Lipinski definition) is 3. The Labute approximate surface area is 88.8 Å². The van der Waals surface area contributed by atoms with Crippen molar-refractivity contribution in [2.24, 2.45) is 0 Å². The lowest BCUT2D eigenvalue weighted by atomic mass is 10.4.